The van der Waals surface area contributed by atoms with E-state index in [0.717, 1.165) is 6.54 Å². The van der Waals surface area contributed by atoms with Gasteiger partial charge in [0.1, 0.15) is 11.6 Å². The molecule has 0 aromatic heterocycles. The minimum absolute atomic E-state index is 0.0217. The van der Waals surface area contributed by atoms with E-state index in [1.54, 1.807) is 12.1 Å². The second-order valence-corrected chi connectivity index (χ2v) is 5.56. The molecule has 20 heavy (non-hydrogen) atoms. The standard InChI is InChI=1S/C16H23FN2O/c1-5-19-12(2)14-7-6-13(10-15(14)17)20-9-8-16(3,4)11-18/h6-7,10,12,19H,5,8-9H2,1-4H3. The van der Waals surface area contributed by atoms with Crippen LogP contribution in [-0.2, 0) is 0 Å². The first-order valence-corrected chi connectivity index (χ1v) is 6.96. The highest BCUT2D eigenvalue weighted by Crippen LogP contribution is 2.23. The highest BCUT2D eigenvalue weighted by Gasteiger charge is 2.16. The SMILES string of the molecule is CCNC(C)c1ccc(OCCC(C)(C)C#N)cc1F. The lowest BCUT2D eigenvalue weighted by Crippen LogP contribution is -2.18. The number of nitrogens with one attached hydrogen (secondary N) is 1. The van der Waals surface area contributed by atoms with Crippen molar-refractivity contribution in [1.82, 2.24) is 5.32 Å². The number of hydrogen-bond donors (Lipinski definition) is 1. The van der Waals surface area contributed by atoms with Crippen LogP contribution in [0.15, 0.2) is 18.2 Å². The predicted molar refractivity (Wildman–Crippen MR) is 78.0 cm³/mol. The molecular formula is C16H23FN2O. The largest absolute Gasteiger partial charge is 0.493 e. The van der Waals surface area contributed by atoms with Gasteiger partial charge in [0.15, 0.2) is 0 Å². The molecule has 3 nitrogen and oxygen atoms in total. The lowest BCUT2D eigenvalue weighted by Gasteiger charge is -2.17. The van der Waals surface area contributed by atoms with Crippen LogP contribution in [0.4, 0.5) is 4.39 Å². The molecule has 1 N–H and O–H groups in total. The van der Waals surface area contributed by atoms with Gasteiger partial charge < -0.3 is 10.1 Å². The maximum atomic E-state index is 14.0. The molecule has 0 fully saturated rings. The van der Waals surface area contributed by atoms with Crippen LogP contribution in [0.1, 0.15) is 45.7 Å². The summed E-state index contributed by atoms with van der Waals surface area (Å²) in [6, 6.07) is 7.11. The second kappa shape index (κ2) is 7.25. The normalized spacial score (nSPS) is 12.8. The Bertz CT molecular complexity index is 480. The van der Waals surface area contributed by atoms with E-state index in [1.165, 1.54) is 6.07 Å². The van der Waals surface area contributed by atoms with E-state index in [9.17, 15) is 4.39 Å². The Kier molecular flexibility index (Phi) is 5.97. The van der Waals surface area contributed by atoms with E-state index in [1.807, 2.05) is 27.7 Å². The highest BCUT2D eigenvalue weighted by molar-refractivity contribution is 5.30. The third-order valence-electron chi connectivity index (χ3n) is 3.25. The van der Waals surface area contributed by atoms with Crippen molar-refractivity contribution < 1.29 is 9.13 Å². The fourth-order valence-corrected chi connectivity index (χ4v) is 1.84. The first-order valence-electron chi connectivity index (χ1n) is 6.96. The summed E-state index contributed by atoms with van der Waals surface area (Å²) >= 11 is 0. The molecule has 0 spiro atoms. The fourth-order valence-electron chi connectivity index (χ4n) is 1.84. The Morgan fingerprint density at radius 3 is 2.70 bits per heavy atom. The monoisotopic (exact) mass is 278 g/mol. The quantitative estimate of drug-likeness (QED) is 0.824. The van der Waals surface area contributed by atoms with Crippen molar-refractivity contribution in [3.63, 3.8) is 0 Å². The Balaban J connectivity index is 2.62. The molecule has 0 amide bonds. The van der Waals surface area contributed by atoms with Crippen LogP contribution in [0.2, 0.25) is 0 Å². The number of rotatable bonds is 7. The van der Waals surface area contributed by atoms with Crippen molar-refractivity contribution in [3.05, 3.63) is 29.6 Å². The molecule has 0 aliphatic carbocycles. The van der Waals surface area contributed by atoms with Crippen LogP contribution in [0, 0.1) is 22.6 Å². The summed E-state index contributed by atoms with van der Waals surface area (Å²) in [4.78, 5) is 0. The van der Waals surface area contributed by atoms with Crippen molar-refractivity contribution in [1.29, 1.82) is 5.26 Å². The molecule has 0 aliphatic rings. The average Bonchev–Trinajstić information content (AvgIpc) is 2.39. The molecule has 0 radical (unpaired) electrons. The van der Waals surface area contributed by atoms with Gasteiger partial charge in [0.05, 0.1) is 18.1 Å². The molecule has 0 bridgehead atoms. The molecule has 0 saturated heterocycles. The molecule has 110 valence electrons. The number of benzene rings is 1. The molecule has 1 atom stereocenters. The first kappa shape index (κ1) is 16.5. The summed E-state index contributed by atoms with van der Waals surface area (Å²) in [7, 11) is 0. The molecule has 1 aromatic rings. The molecule has 1 aromatic carbocycles. The zero-order valence-corrected chi connectivity index (χ0v) is 12.7. The van der Waals surface area contributed by atoms with E-state index < -0.39 is 5.41 Å². The summed E-state index contributed by atoms with van der Waals surface area (Å²) in [5, 5.41) is 12.1. The third kappa shape index (κ3) is 4.82. The summed E-state index contributed by atoms with van der Waals surface area (Å²) in [6.45, 7) is 8.83. The van der Waals surface area contributed by atoms with Crippen LogP contribution < -0.4 is 10.1 Å². The zero-order chi connectivity index (χ0) is 15.2. The minimum atomic E-state index is -0.419. The molecule has 1 unspecified atom stereocenters. The van der Waals surface area contributed by atoms with Gasteiger partial charge in [-0.2, -0.15) is 5.26 Å². The third-order valence-corrected chi connectivity index (χ3v) is 3.25. The number of ether oxygens (including phenoxy) is 1. The lowest BCUT2D eigenvalue weighted by molar-refractivity contribution is 0.263. The Morgan fingerprint density at radius 2 is 2.15 bits per heavy atom. The van der Waals surface area contributed by atoms with Gasteiger partial charge in [0.25, 0.3) is 0 Å². The summed E-state index contributed by atoms with van der Waals surface area (Å²) < 4.78 is 19.5. The van der Waals surface area contributed by atoms with Crippen LogP contribution in [0.3, 0.4) is 0 Å². The van der Waals surface area contributed by atoms with Crippen molar-refractivity contribution in [3.8, 4) is 11.8 Å². The summed E-state index contributed by atoms with van der Waals surface area (Å²) in [6.07, 6.45) is 0.612. The summed E-state index contributed by atoms with van der Waals surface area (Å²) in [5.74, 6) is 0.235. The van der Waals surface area contributed by atoms with Crippen molar-refractivity contribution >= 4 is 0 Å². The van der Waals surface area contributed by atoms with E-state index >= 15 is 0 Å². The van der Waals surface area contributed by atoms with E-state index in [4.69, 9.17) is 10.00 Å². The van der Waals surface area contributed by atoms with Crippen molar-refractivity contribution in [2.75, 3.05) is 13.2 Å². The number of nitrogens with zero attached hydrogens (tertiary/aromatic N) is 1. The molecule has 0 aliphatic heterocycles. The van der Waals surface area contributed by atoms with E-state index in [2.05, 4.69) is 11.4 Å². The molecule has 0 heterocycles. The molecular weight excluding hydrogens is 255 g/mol. The van der Waals surface area contributed by atoms with Gasteiger partial charge in [-0.15, -0.1) is 0 Å². The topological polar surface area (TPSA) is 45.0 Å². The van der Waals surface area contributed by atoms with Gasteiger partial charge in [-0.05, 0) is 39.8 Å². The minimum Gasteiger partial charge on any atom is -0.493 e. The van der Waals surface area contributed by atoms with Gasteiger partial charge in [0, 0.05) is 17.7 Å². The van der Waals surface area contributed by atoms with Gasteiger partial charge in [-0.25, -0.2) is 4.39 Å². The van der Waals surface area contributed by atoms with Crippen LogP contribution in [0.5, 0.6) is 5.75 Å². The predicted octanol–water partition coefficient (Wildman–Crippen LogP) is 3.81. The maximum absolute atomic E-state index is 14.0. The number of nitriles is 1. The lowest BCUT2D eigenvalue weighted by atomic mass is 9.92. The van der Waals surface area contributed by atoms with Gasteiger partial charge in [-0.3, -0.25) is 0 Å². The maximum Gasteiger partial charge on any atom is 0.131 e. The Morgan fingerprint density at radius 1 is 1.45 bits per heavy atom. The smallest absolute Gasteiger partial charge is 0.131 e. The number of hydrogen-bond acceptors (Lipinski definition) is 3. The van der Waals surface area contributed by atoms with E-state index in [-0.39, 0.29) is 11.9 Å². The molecule has 1 rings (SSSR count). The fraction of sp³-hybridized carbons (Fsp3) is 0.562. The Hall–Kier alpha value is -1.60. The van der Waals surface area contributed by atoms with Gasteiger partial charge >= 0.3 is 0 Å². The average molecular weight is 278 g/mol. The van der Waals surface area contributed by atoms with Crippen LogP contribution in [-0.4, -0.2) is 13.2 Å². The summed E-state index contributed by atoms with van der Waals surface area (Å²) in [5.41, 5.74) is 0.217. The Labute approximate surface area is 120 Å². The van der Waals surface area contributed by atoms with Gasteiger partial charge in [-0.1, -0.05) is 13.0 Å². The second-order valence-electron chi connectivity index (χ2n) is 5.56. The highest BCUT2D eigenvalue weighted by atomic mass is 19.1. The van der Waals surface area contributed by atoms with E-state index in [0.29, 0.717) is 24.3 Å². The molecule has 4 heteroatoms. The zero-order valence-electron chi connectivity index (χ0n) is 12.7. The van der Waals surface area contributed by atoms with Crippen molar-refractivity contribution in [2.24, 2.45) is 5.41 Å². The van der Waals surface area contributed by atoms with Crippen LogP contribution in [0.25, 0.3) is 0 Å². The molecule has 0 saturated carbocycles. The first-order chi connectivity index (χ1) is 9.39. The van der Waals surface area contributed by atoms with Gasteiger partial charge in [0.2, 0.25) is 0 Å². The van der Waals surface area contributed by atoms with Crippen molar-refractivity contribution in [2.45, 2.75) is 40.2 Å². The number of halogens is 1. The van der Waals surface area contributed by atoms with Crippen LogP contribution >= 0.6 is 0 Å².